The number of nitrogens with one attached hydrogen (secondary N) is 1. The molecular weight excluding hydrogens is 261 g/mol. The minimum absolute atomic E-state index is 0.0262. The summed E-state index contributed by atoms with van der Waals surface area (Å²) in [4.78, 5) is 26.9. The average molecular weight is 274 g/mol. The lowest BCUT2D eigenvalue weighted by Gasteiger charge is -2.33. The van der Waals surface area contributed by atoms with E-state index in [2.05, 4.69) is 4.98 Å². The van der Waals surface area contributed by atoms with Gasteiger partial charge in [-0.2, -0.15) is 13.2 Å². The van der Waals surface area contributed by atoms with Crippen molar-refractivity contribution in [2.45, 2.75) is 19.0 Å². The third-order valence-corrected chi connectivity index (χ3v) is 3.22. The van der Waals surface area contributed by atoms with Gasteiger partial charge in [-0.25, -0.2) is 0 Å². The van der Waals surface area contributed by atoms with Crippen molar-refractivity contribution in [3.63, 3.8) is 0 Å². The van der Waals surface area contributed by atoms with Crippen LogP contribution in [-0.4, -0.2) is 35.1 Å². The second kappa shape index (κ2) is 5.07. The van der Waals surface area contributed by atoms with E-state index in [9.17, 15) is 22.8 Å². The molecule has 1 unspecified atom stereocenters. The number of hydrogen-bond donors (Lipinski definition) is 1. The van der Waals surface area contributed by atoms with Gasteiger partial charge in [0.2, 0.25) is 0 Å². The third-order valence-electron chi connectivity index (χ3n) is 3.22. The summed E-state index contributed by atoms with van der Waals surface area (Å²) in [6.07, 6.45) is -2.62. The molecule has 0 saturated carbocycles. The zero-order valence-corrected chi connectivity index (χ0v) is 10.0. The molecule has 0 bridgehead atoms. The Kier molecular flexibility index (Phi) is 3.64. The van der Waals surface area contributed by atoms with Gasteiger partial charge in [0.15, 0.2) is 0 Å². The summed E-state index contributed by atoms with van der Waals surface area (Å²) in [5.41, 5.74) is -0.702. The lowest BCUT2D eigenvalue weighted by atomic mass is 9.97. The molecule has 1 amide bonds. The normalized spacial score (nSPS) is 20.4. The zero-order chi connectivity index (χ0) is 14.0. The van der Waals surface area contributed by atoms with Gasteiger partial charge in [-0.15, -0.1) is 0 Å². The van der Waals surface area contributed by atoms with E-state index in [4.69, 9.17) is 0 Å². The predicted octanol–water partition coefficient (Wildman–Crippen LogP) is 1.79. The van der Waals surface area contributed by atoms with E-state index in [0.717, 1.165) is 4.90 Å². The van der Waals surface area contributed by atoms with Crippen LogP contribution in [0.3, 0.4) is 0 Å². The Hall–Kier alpha value is -1.79. The predicted molar refractivity (Wildman–Crippen MR) is 61.7 cm³/mol. The maximum atomic E-state index is 12.7. The van der Waals surface area contributed by atoms with Crippen molar-refractivity contribution in [2.24, 2.45) is 5.92 Å². The molecule has 1 aromatic heterocycles. The Bertz CT molecular complexity index is 524. The first-order valence-corrected chi connectivity index (χ1v) is 5.93. The van der Waals surface area contributed by atoms with Crippen LogP contribution in [0, 0.1) is 5.92 Å². The zero-order valence-electron chi connectivity index (χ0n) is 10.0. The number of hydrogen-bond acceptors (Lipinski definition) is 2. The molecule has 1 aliphatic heterocycles. The summed E-state index contributed by atoms with van der Waals surface area (Å²) in [5.74, 6) is -2.15. The van der Waals surface area contributed by atoms with E-state index in [1.54, 1.807) is 0 Å². The molecule has 4 nitrogen and oxygen atoms in total. The van der Waals surface area contributed by atoms with Gasteiger partial charge in [-0.05, 0) is 25.0 Å². The molecule has 2 heterocycles. The summed E-state index contributed by atoms with van der Waals surface area (Å²) < 4.78 is 38.0. The van der Waals surface area contributed by atoms with Crippen molar-refractivity contribution >= 4 is 5.91 Å². The molecule has 2 rings (SSSR count). The first kappa shape index (κ1) is 13.6. The number of amides is 1. The first-order valence-electron chi connectivity index (χ1n) is 5.93. The van der Waals surface area contributed by atoms with Gasteiger partial charge in [0, 0.05) is 19.3 Å². The number of piperidine rings is 1. The summed E-state index contributed by atoms with van der Waals surface area (Å²) >= 11 is 0. The molecule has 1 aliphatic rings. The Labute approximate surface area is 107 Å². The average Bonchev–Trinajstić information content (AvgIpc) is 2.38. The number of halogens is 3. The van der Waals surface area contributed by atoms with Gasteiger partial charge in [0.25, 0.3) is 11.5 Å². The summed E-state index contributed by atoms with van der Waals surface area (Å²) in [7, 11) is 0. The fourth-order valence-electron chi connectivity index (χ4n) is 2.19. The van der Waals surface area contributed by atoms with Crippen molar-refractivity contribution in [1.82, 2.24) is 9.88 Å². The van der Waals surface area contributed by atoms with Crippen molar-refractivity contribution in [3.8, 4) is 0 Å². The fraction of sp³-hybridized carbons (Fsp3) is 0.500. The van der Waals surface area contributed by atoms with E-state index in [1.165, 1.54) is 18.3 Å². The first-order chi connectivity index (χ1) is 8.89. The van der Waals surface area contributed by atoms with Crippen LogP contribution in [0.2, 0.25) is 0 Å². The number of aromatic amines is 1. The highest BCUT2D eigenvalue weighted by Crippen LogP contribution is 2.33. The topological polar surface area (TPSA) is 53.2 Å². The Morgan fingerprint density at radius 1 is 1.42 bits per heavy atom. The van der Waals surface area contributed by atoms with E-state index < -0.39 is 23.6 Å². The van der Waals surface area contributed by atoms with E-state index >= 15 is 0 Å². The molecule has 0 aromatic carbocycles. The maximum absolute atomic E-state index is 12.7. The third kappa shape index (κ3) is 2.97. The standard InChI is InChI=1S/C12H13F3N2O2/c13-12(14,15)8-3-2-6-17(7-8)11(19)9-4-1-5-16-10(9)18/h1,4-5,8H,2-3,6-7H2,(H,16,18). The molecule has 1 N–H and O–H groups in total. The number of alkyl halides is 3. The van der Waals surface area contributed by atoms with Crippen LogP contribution in [0.4, 0.5) is 13.2 Å². The van der Waals surface area contributed by atoms with Gasteiger partial charge < -0.3 is 9.88 Å². The maximum Gasteiger partial charge on any atom is 0.393 e. The highest BCUT2D eigenvalue weighted by atomic mass is 19.4. The molecule has 0 radical (unpaired) electrons. The summed E-state index contributed by atoms with van der Waals surface area (Å²) in [6.45, 7) is -0.129. The van der Waals surface area contributed by atoms with Gasteiger partial charge >= 0.3 is 6.18 Å². The fourth-order valence-corrected chi connectivity index (χ4v) is 2.19. The number of rotatable bonds is 1. The van der Waals surface area contributed by atoms with Gasteiger partial charge in [-0.1, -0.05) is 0 Å². The van der Waals surface area contributed by atoms with Crippen LogP contribution in [0.25, 0.3) is 0 Å². The number of carbonyl (C=O) groups is 1. The number of H-pyrrole nitrogens is 1. The molecule has 0 aliphatic carbocycles. The van der Waals surface area contributed by atoms with Crippen LogP contribution in [0.1, 0.15) is 23.2 Å². The second-order valence-electron chi connectivity index (χ2n) is 4.54. The van der Waals surface area contributed by atoms with Crippen molar-refractivity contribution < 1.29 is 18.0 Å². The highest BCUT2D eigenvalue weighted by Gasteiger charge is 2.42. The second-order valence-corrected chi connectivity index (χ2v) is 4.54. The number of carbonyl (C=O) groups excluding carboxylic acids is 1. The molecular formula is C12H13F3N2O2. The minimum atomic E-state index is -4.30. The molecule has 1 saturated heterocycles. The molecule has 1 fully saturated rings. The lowest BCUT2D eigenvalue weighted by molar-refractivity contribution is -0.184. The van der Waals surface area contributed by atoms with Gasteiger partial charge in [-0.3, -0.25) is 9.59 Å². The quantitative estimate of drug-likeness (QED) is 0.848. The van der Waals surface area contributed by atoms with Gasteiger partial charge in [0.1, 0.15) is 5.56 Å². The molecule has 19 heavy (non-hydrogen) atoms. The van der Waals surface area contributed by atoms with Crippen LogP contribution in [0.15, 0.2) is 23.1 Å². The highest BCUT2D eigenvalue weighted by molar-refractivity contribution is 5.93. The van der Waals surface area contributed by atoms with E-state index in [0.29, 0.717) is 6.42 Å². The molecule has 1 atom stereocenters. The molecule has 0 spiro atoms. The van der Waals surface area contributed by atoms with Crippen molar-refractivity contribution in [2.75, 3.05) is 13.1 Å². The Morgan fingerprint density at radius 3 is 2.79 bits per heavy atom. The van der Waals surface area contributed by atoms with Crippen molar-refractivity contribution in [3.05, 3.63) is 34.2 Å². The number of aromatic nitrogens is 1. The monoisotopic (exact) mass is 274 g/mol. The van der Waals surface area contributed by atoms with E-state index in [-0.39, 0.29) is 25.1 Å². The van der Waals surface area contributed by atoms with Crippen LogP contribution < -0.4 is 5.56 Å². The Morgan fingerprint density at radius 2 is 2.16 bits per heavy atom. The number of likely N-dealkylation sites (tertiary alicyclic amines) is 1. The Balaban J connectivity index is 2.16. The SMILES string of the molecule is O=C(c1ccc[nH]c1=O)N1CCCC(C(F)(F)F)C1. The largest absolute Gasteiger partial charge is 0.393 e. The molecule has 1 aromatic rings. The summed E-state index contributed by atoms with van der Waals surface area (Å²) in [5, 5.41) is 0. The number of pyridine rings is 1. The lowest BCUT2D eigenvalue weighted by Crippen LogP contribution is -2.45. The van der Waals surface area contributed by atoms with Gasteiger partial charge in [0.05, 0.1) is 5.92 Å². The number of nitrogens with zero attached hydrogens (tertiary/aromatic N) is 1. The van der Waals surface area contributed by atoms with Crippen LogP contribution in [0.5, 0.6) is 0 Å². The minimum Gasteiger partial charge on any atom is -0.338 e. The molecule has 104 valence electrons. The summed E-state index contributed by atoms with van der Waals surface area (Å²) in [6, 6.07) is 2.79. The smallest absolute Gasteiger partial charge is 0.338 e. The van der Waals surface area contributed by atoms with Crippen molar-refractivity contribution in [1.29, 1.82) is 0 Å². The van der Waals surface area contributed by atoms with Crippen LogP contribution >= 0.6 is 0 Å². The van der Waals surface area contributed by atoms with Crippen LogP contribution in [-0.2, 0) is 0 Å². The van der Waals surface area contributed by atoms with E-state index in [1.807, 2.05) is 0 Å². The molecule has 7 heteroatoms.